The number of rotatable bonds is 10. The molecule has 0 bridgehead atoms. The number of ether oxygens (including phenoxy) is 1. The summed E-state index contributed by atoms with van der Waals surface area (Å²) in [7, 11) is -7.83. The molecule has 1 heterocycles. The van der Waals surface area contributed by atoms with Gasteiger partial charge < -0.3 is 9.64 Å². The lowest BCUT2D eigenvalue weighted by molar-refractivity contribution is -0.117. The van der Waals surface area contributed by atoms with E-state index in [2.05, 4.69) is 4.72 Å². The molecular weight excluding hydrogens is 466 g/mol. The van der Waals surface area contributed by atoms with Crippen molar-refractivity contribution in [1.29, 1.82) is 0 Å². The van der Waals surface area contributed by atoms with Gasteiger partial charge in [-0.3, -0.25) is 9.52 Å². The average molecular weight is 496 g/mol. The number of carbonyl (C=O) groups excluding carboxylic acids is 1. The fraction of sp³-hybridized carbons (Fsp3) is 0.409. The number of hydrogen-bond acceptors (Lipinski definition) is 6. The molecule has 0 radical (unpaired) electrons. The van der Waals surface area contributed by atoms with Gasteiger partial charge in [0.2, 0.25) is 15.9 Å². The van der Waals surface area contributed by atoms with Crippen LogP contribution in [0.1, 0.15) is 33.6 Å². The third kappa shape index (κ3) is 5.31. The van der Waals surface area contributed by atoms with Gasteiger partial charge in [0.15, 0.2) is 0 Å². The van der Waals surface area contributed by atoms with E-state index >= 15 is 0 Å². The maximum absolute atomic E-state index is 13.1. The van der Waals surface area contributed by atoms with Crippen molar-refractivity contribution in [3.8, 4) is 5.75 Å². The van der Waals surface area contributed by atoms with Crippen molar-refractivity contribution >= 4 is 37.3 Å². The second-order valence-corrected chi connectivity index (χ2v) is 11.0. The molecule has 1 saturated heterocycles. The van der Waals surface area contributed by atoms with Crippen LogP contribution in [0, 0.1) is 0 Å². The number of benzene rings is 2. The number of carbonyl (C=O) groups is 1. The van der Waals surface area contributed by atoms with Crippen molar-refractivity contribution in [3.63, 3.8) is 0 Å². The Morgan fingerprint density at radius 3 is 2.15 bits per heavy atom. The van der Waals surface area contributed by atoms with Crippen LogP contribution in [0.5, 0.6) is 5.75 Å². The molecule has 11 heteroatoms. The second-order valence-electron chi connectivity index (χ2n) is 7.43. The zero-order chi connectivity index (χ0) is 24.2. The molecule has 0 unspecified atom stereocenters. The summed E-state index contributed by atoms with van der Waals surface area (Å²) in [5.41, 5.74) is 0.669. The summed E-state index contributed by atoms with van der Waals surface area (Å²) in [6.07, 6.45) is 1.25. The summed E-state index contributed by atoms with van der Waals surface area (Å²) >= 11 is 0. The van der Waals surface area contributed by atoms with E-state index in [-0.39, 0.29) is 33.7 Å². The van der Waals surface area contributed by atoms with Crippen molar-refractivity contribution in [2.75, 3.05) is 35.9 Å². The van der Waals surface area contributed by atoms with Crippen molar-refractivity contribution in [3.05, 3.63) is 42.5 Å². The first-order valence-corrected chi connectivity index (χ1v) is 13.8. The highest BCUT2D eigenvalue weighted by Crippen LogP contribution is 2.32. The first kappa shape index (κ1) is 25.0. The van der Waals surface area contributed by atoms with E-state index in [0.29, 0.717) is 31.7 Å². The number of anilines is 2. The topological polar surface area (TPSA) is 113 Å². The summed E-state index contributed by atoms with van der Waals surface area (Å²) in [5, 5.41) is 0. The summed E-state index contributed by atoms with van der Waals surface area (Å²) in [6.45, 7) is 6.68. The van der Waals surface area contributed by atoms with Crippen molar-refractivity contribution < 1.29 is 26.4 Å². The molecule has 9 nitrogen and oxygen atoms in total. The smallest absolute Gasteiger partial charge is 0.262 e. The zero-order valence-corrected chi connectivity index (χ0v) is 20.6. The van der Waals surface area contributed by atoms with Gasteiger partial charge in [0.05, 0.1) is 22.1 Å². The Kier molecular flexibility index (Phi) is 7.65. The van der Waals surface area contributed by atoms with E-state index in [9.17, 15) is 21.6 Å². The third-order valence-corrected chi connectivity index (χ3v) is 8.80. The maximum atomic E-state index is 13.1. The fourth-order valence-corrected chi connectivity index (χ4v) is 6.22. The quantitative estimate of drug-likeness (QED) is 0.542. The van der Waals surface area contributed by atoms with E-state index in [0.717, 1.165) is 6.42 Å². The van der Waals surface area contributed by atoms with E-state index in [1.165, 1.54) is 34.6 Å². The molecule has 0 aliphatic carbocycles. The lowest BCUT2D eigenvalue weighted by Gasteiger charge is -2.20. The molecule has 0 aromatic heterocycles. The number of amides is 1. The Morgan fingerprint density at radius 1 is 0.970 bits per heavy atom. The highest BCUT2D eigenvalue weighted by Gasteiger charge is 2.25. The van der Waals surface area contributed by atoms with Gasteiger partial charge in [0.25, 0.3) is 10.0 Å². The van der Waals surface area contributed by atoms with Gasteiger partial charge in [-0.25, -0.2) is 16.8 Å². The number of hydrogen-bond donors (Lipinski definition) is 1. The first-order chi connectivity index (χ1) is 15.6. The van der Waals surface area contributed by atoms with Crippen LogP contribution < -0.4 is 14.4 Å². The Labute approximate surface area is 195 Å². The minimum atomic E-state index is -4.04. The Hall–Kier alpha value is -2.63. The molecule has 0 saturated carbocycles. The number of sulfonamides is 2. The molecule has 2 aromatic rings. The highest BCUT2D eigenvalue weighted by molar-refractivity contribution is 7.92. The summed E-state index contributed by atoms with van der Waals surface area (Å²) in [6, 6.07) is 10.1. The van der Waals surface area contributed by atoms with Crippen LogP contribution in [0.2, 0.25) is 0 Å². The number of nitrogens with one attached hydrogen (secondary N) is 1. The number of nitrogens with zero attached hydrogens (tertiary/aromatic N) is 2. The van der Waals surface area contributed by atoms with E-state index < -0.39 is 20.0 Å². The molecular formula is C22H29N3O6S2. The van der Waals surface area contributed by atoms with Crippen molar-refractivity contribution in [1.82, 2.24) is 4.31 Å². The molecule has 0 atom stereocenters. The minimum absolute atomic E-state index is 0.0105. The molecule has 1 aliphatic heterocycles. The zero-order valence-electron chi connectivity index (χ0n) is 18.9. The fourth-order valence-electron chi connectivity index (χ4n) is 3.67. The van der Waals surface area contributed by atoms with E-state index in [1.807, 2.05) is 0 Å². The van der Waals surface area contributed by atoms with Crippen LogP contribution >= 0.6 is 0 Å². The average Bonchev–Trinajstić information content (AvgIpc) is 3.21. The van der Waals surface area contributed by atoms with Gasteiger partial charge in [-0.15, -0.1) is 0 Å². The van der Waals surface area contributed by atoms with Crippen LogP contribution in [0.25, 0.3) is 0 Å². The van der Waals surface area contributed by atoms with E-state index in [1.54, 1.807) is 37.8 Å². The van der Waals surface area contributed by atoms with E-state index in [4.69, 9.17) is 4.74 Å². The molecule has 0 spiro atoms. The van der Waals surface area contributed by atoms with Crippen LogP contribution in [-0.2, 0) is 24.8 Å². The van der Waals surface area contributed by atoms with Gasteiger partial charge in [0.1, 0.15) is 5.75 Å². The SMILES string of the molecule is CCOc1ccc(S(=O)(=O)N(CC)CC)cc1NS(=O)(=O)c1ccc(N2CCCC2=O)cc1. The van der Waals surface area contributed by atoms with Crippen LogP contribution in [0.3, 0.4) is 0 Å². The molecule has 1 amide bonds. The largest absolute Gasteiger partial charge is 0.492 e. The highest BCUT2D eigenvalue weighted by atomic mass is 32.2. The first-order valence-electron chi connectivity index (χ1n) is 10.8. The second kappa shape index (κ2) is 10.1. The molecule has 33 heavy (non-hydrogen) atoms. The Bertz CT molecular complexity index is 1210. The van der Waals surface area contributed by atoms with Gasteiger partial charge in [-0.05, 0) is 55.8 Å². The molecule has 1 aliphatic rings. The molecule has 180 valence electrons. The van der Waals surface area contributed by atoms with Crippen LogP contribution in [-0.4, -0.2) is 53.3 Å². The van der Waals surface area contributed by atoms with Crippen LogP contribution in [0.4, 0.5) is 11.4 Å². The van der Waals surface area contributed by atoms with Crippen LogP contribution in [0.15, 0.2) is 52.3 Å². The Morgan fingerprint density at radius 2 is 1.61 bits per heavy atom. The monoisotopic (exact) mass is 495 g/mol. The molecule has 2 aromatic carbocycles. The normalized spacial score (nSPS) is 14.7. The van der Waals surface area contributed by atoms with Crippen molar-refractivity contribution in [2.24, 2.45) is 0 Å². The standard InChI is InChI=1S/C22H29N3O6S2/c1-4-24(5-2)33(29,30)19-13-14-21(31-6-3)20(16-19)23-32(27,28)18-11-9-17(10-12-18)25-15-7-8-22(25)26/h9-14,16,23H,4-8,15H2,1-3H3. The van der Waals surface area contributed by atoms with Gasteiger partial charge >= 0.3 is 0 Å². The third-order valence-electron chi connectivity index (χ3n) is 5.37. The maximum Gasteiger partial charge on any atom is 0.262 e. The van der Waals surface area contributed by atoms with Gasteiger partial charge in [0, 0.05) is 31.7 Å². The summed E-state index contributed by atoms with van der Waals surface area (Å²) in [5.74, 6) is 0.232. The molecule has 1 fully saturated rings. The lowest BCUT2D eigenvalue weighted by Crippen LogP contribution is -2.30. The Balaban J connectivity index is 1.94. The minimum Gasteiger partial charge on any atom is -0.492 e. The van der Waals surface area contributed by atoms with Crippen molar-refractivity contribution in [2.45, 2.75) is 43.4 Å². The summed E-state index contributed by atoms with van der Waals surface area (Å²) < 4.78 is 61.2. The summed E-state index contributed by atoms with van der Waals surface area (Å²) in [4.78, 5) is 13.5. The van der Waals surface area contributed by atoms with Gasteiger partial charge in [-0.1, -0.05) is 13.8 Å². The predicted molar refractivity (Wildman–Crippen MR) is 127 cm³/mol. The lowest BCUT2D eigenvalue weighted by atomic mass is 10.3. The molecule has 3 rings (SSSR count). The van der Waals surface area contributed by atoms with Gasteiger partial charge in [-0.2, -0.15) is 4.31 Å². The molecule has 1 N–H and O–H groups in total. The predicted octanol–water partition coefficient (Wildman–Crippen LogP) is 3.04.